The maximum absolute atomic E-state index is 14.2. The molecular formula is C16H19BrClFN4OSi. The first-order valence-electron chi connectivity index (χ1n) is 7.88. The molecule has 3 heterocycles. The molecule has 0 fully saturated rings. The van der Waals surface area contributed by atoms with Gasteiger partial charge in [0.25, 0.3) is 0 Å². The minimum Gasteiger partial charge on any atom is -0.361 e. The zero-order valence-electron chi connectivity index (χ0n) is 14.3. The molecule has 0 amide bonds. The SMILES string of the molecule is C[Si](C)(C)CCOCn1cc(Cl)nc1-c1ncn2c(F)c(Br)ccc12. The summed E-state index contributed by atoms with van der Waals surface area (Å²) in [5.74, 6) is 0.147. The third kappa shape index (κ3) is 4.13. The van der Waals surface area contributed by atoms with Gasteiger partial charge >= 0.3 is 0 Å². The molecule has 0 saturated heterocycles. The zero-order chi connectivity index (χ0) is 18.2. The first-order valence-corrected chi connectivity index (χ1v) is 12.8. The lowest BCUT2D eigenvalue weighted by Gasteiger charge is -2.15. The molecule has 0 aliphatic rings. The van der Waals surface area contributed by atoms with E-state index in [4.69, 9.17) is 16.3 Å². The molecule has 0 bridgehead atoms. The second-order valence-corrected chi connectivity index (χ2v) is 13.9. The van der Waals surface area contributed by atoms with E-state index in [0.29, 0.717) is 40.0 Å². The van der Waals surface area contributed by atoms with Crippen LogP contribution in [0, 0.1) is 5.95 Å². The summed E-state index contributed by atoms with van der Waals surface area (Å²) < 4.78 is 23.5. The van der Waals surface area contributed by atoms with Crippen molar-refractivity contribution in [3.63, 3.8) is 0 Å². The molecule has 25 heavy (non-hydrogen) atoms. The molecule has 0 N–H and O–H groups in total. The Morgan fingerprint density at radius 2 is 2.08 bits per heavy atom. The third-order valence-corrected chi connectivity index (χ3v) is 6.26. The quantitative estimate of drug-likeness (QED) is 0.302. The molecule has 3 rings (SSSR count). The standard InChI is InChI=1S/C16H19BrClFN4OSi/c1-25(2,3)7-6-24-10-22-8-13(18)21-16(22)14-12-5-4-11(17)15(19)23(12)9-20-14/h4-5,8-9H,6-7,10H2,1-3H3. The van der Waals surface area contributed by atoms with Crippen molar-refractivity contribution in [1.82, 2.24) is 18.9 Å². The van der Waals surface area contributed by atoms with Crippen LogP contribution in [-0.2, 0) is 11.5 Å². The second-order valence-electron chi connectivity index (χ2n) is 7.03. The summed E-state index contributed by atoms with van der Waals surface area (Å²) in [5, 5.41) is 0.350. The average molecular weight is 446 g/mol. The zero-order valence-corrected chi connectivity index (χ0v) is 17.6. The van der Waals surface area contributed by atoms with Crippen molar-refractivity contribution in [1.29, 1.82) is 0 Å². The van der Waals surface area contributed by atoms with Gasteiger partial charge in [0.15, 0.2) is 5.82 Å². The molecule has 3 aromatic rings. The summed E-state index contributed by atoms with van der Waals surface area (Å²) in [6, 6.07) is 4.51. The van der Waals surface area contributed by atoms with E-state index in [9.17, 15) is 4.39 Å². The van der Waals surface area contributed by atoms with Gasteiger partial charge in [-0.1, -0.05) is 31.2 Å². The molecule has 0 saturated carbocycles. The van der Waals surface area contributed by atoms with E-state index in [0.717, 1.165) is 6.04 Å². The molecule has 0 aliphatic heterocycles. The average Bonchev–Trinajstić information content (AvgIpc) is 3.10. The van der Waals surface area contributed by atoms with Gasteiger partial charge in [0.1, 0.15) is 23.9 Å². The number of hydrogen-bond donors (Lipinski definition) is 0. The first-order chi connectivity index (χ1) is 11.8. The summed E-state index contributed by atoms with van der Waals surface area (Å²) in [5.41, 5.74) is 1.18. The summed E-state index contributed by atoms with van der Waals surface area (Å²) in [7, 11) is -1.14. The Hall–Kier alpha value is -1.22. The highest BCUT2D eigenvalue weighted by Crippen LogP contribution is 2.27. The van der Waals surface area contributed by atoms with Crippen molar-refractivity contribution in [2.45, 2.75) is 32.4 Å². The molecule has 0 aromatic carbocycles. The molecule has 3 aromatic heterocycles. The molecule has 0 unspecified atom stereocenters. The van der Waals surface area contributed by atoms with Crippen LogP contribution in [0.4, 0.5) is 4.39 Å². The number of aromatic nitrogens is 4. The normalized spacial score (nSPS) is 12.2. The number of ether oxygens (including phenoxy) is 1. The smallest absolute Gasteiger partial charge is 0.213 e. The maximum Gasteiger partial charge on any atom is 0.213 e. The van der Waals surface area contributed by atoms with E-state index in [1.54, 1.807) is 22.9 Å². The van der Waals surface area contributed by atoms with Crippen LogP contribution in [-0.4, -0.2) is 33.6 Å². The number of nitrogens with zero attached hydrogens (tertiary/aromatic N) is 4. The summed E-state index contributed by atoms with van der Waals surface area (Å²) in [6.45, 7) is 7.94. The Morgan fingerprint density at radius 1 is 1.32 bits per heavy atom. The number of halogens is 3. The number of pyridine rings is 1. The van der Waals surface area contributed by atoms with Gasteiger partial charge < -0.3 is 9.30 Å². The molecule has 9 heteroatoms. The molecule has 0 spiro atoms. The lowest BCUT2D eigenvalue weighted by atomic mass is 10.3. The molecule has 0 atom stereocenters. The maximum atomic E-state index is 14.2. The Labute approximate surface area is 159 Å². The number of imidazole rings is 2. The molecule has 0 radical (unpaired) electrons. The van der Waals surface area contributed by atoms with Gasteiger partial charge in [0, 0.05) is 20.9 Å². The van der Waals surface area contributed by atoms with Crippen molar-refractivity contribution in [2.75, 3.05) is 6.61 Å². The second kappa shape index (κ2) is 7.18. The van der Waals surface area contributed by atoms with Gasteiger partial charge in [0.2, 0.25) is 5.95 Å². The largest absolute Gasteiger partial charge is 0.361 e. The fourth-order valence-corrected chi connectivity index (χ4v) is 3.67. The van der Waals surface area contributed by atoms with Gasteiger partial charge in [0.05, 0.1) is 9.99 Å². The topological polar surface area (TPSA) is 44.3 Å². The lowest BCUT2D eigenvalue weighted by molar-refractivity contribution is 0.0882. The Bertz CT molecular complexity index is 906. The number of rotatable bonds is 6. The van der Waals surface area contributed by atoms with Crippen molar-refractivity contribution >= 4 is 41.1 Å². The Balaban J connectivity index is 1.87. The van der Waals surface area contributed by atoms with Crippen molar-refractivity contribution in [3.8, 4) is 11.5 Å². The van der Waals surface area contributed by atoms with E-state index in [1.165, 1.54) is 10.7 Å². The van der Waals surface area contributed by atoms with Crippen LogP contribution in [0.1, 0.15) is 0 Å². The van der Waals surface area contributed by atoms with Gasteiger partial charge in [-0.25, -0.2) is 9.97 Å². The fourth-order valence-electron chi connectivity index (χ4n) is 2.39. The van der Waals surface area contributed by atoms with Gasteiger partial charge in [-0.2, -0.15) is 4.39 Å². The fraction of sp³-hybridized carbons (Fsp3) is 0.375. The molecule has 0 aliphatic carbocycles. The predicted octanol–water partition coefficient (Wildman–Crippen LogP) is 5.07. The van der Waals surface area contributed by atoms with E-state index in [2.05, 4.69) is 45.5 Å². The Morgan fingerprint density at radius 3 is 2.80 bits per heavy atom. The van der Waals surface area contributed by atoms with Crippen molar-refractivity contribution in [3.05, 3.63) is 40.2 Å². The van der Waals surface area contributed by atoms with Crippen LogP contribution in [0.5, 0.6) is 0 Å². The predicted molar refractivity (Wildman–Crippen MR) is 103 cm³/mol. The minimum absolute atomic E-state index is 0.331. The van der Waals surface area contributed by atoms with Crippen LogP contribution < -0.4 is 0 Å². The lowest BCUT2D eigenvalue weighted by Crippen LogP contribution is -2.22. The summed E-state index contributed by atoms with van der Waals surface area (Å²) in [6.07, 6.45) is 3.13. The van der Waals surface area contributed by atoms with Gasteiger partial charge in [-0.05, 0) is 34.1 Å². The van der Waals surface area contributed by atoms with E-state index < -0.39 is 14.0 Å². The highest BCUT2D eigenvalue weighted by atomic mass is 79.9. The van der Waals surface area contributed by atoms with Gasteiger partial charge in [-0.15, -0.1) is 0 Å². The Kier molecular flexibility index (Phi) is 5.33. The van der Waals surface area contributed by atoms with E-state index in [-0.39, 0.29) is 0 Å². The van der Waals surface area contributed by atoms with Gasteiger partial charge in [-0.3, -0.25) is 4.40 Å². The van der Waals surface area contributed by atoms with Crippen LogP contribution in [0.3, 0.4) is 0 Å². The van der Waals surface area contributed by atoms with Crippen LogP contribution in [0.25, 0.3) is 17.0 Å². The van der Waals surface area contributed by atoms with Crippen LogP contribution in [0.15, 0.2) is 29.1 Å². The first kappa shape index (κ1) is 18.6. The van der Waals surface area contributed by atoms with Crippen molar-refractivity contribution < 1.29 is 9.13 Å². The van der Waals surface area contributed by atoms with Crippen molar-refractivity contribution in [2.24, 2.45) is 0 Å². The molecule has 134 valence electrons. The monoisotopic (exact) mass is 444 g/mol. The minimum atomic E-state index is -1.14. The third-order valence-electron chi connectivity index (χ3n) is 3.79. The number of fused-ring (bicyclic) bond motifs is 1. The van der Waals surface area contributed by atoms with Crippen LogP contribution >= 0.6 is 27.5 Å². The van der Waals surface area contributed by atoms with E-state index >= 15 is 0 Å². The molecule has 5 nitrogen and oxygen atoms in total. The number of hydrogen-bond acceptors (Lipinski definition) is 3. The highest BCUT2D eigenvalue weighted by molar-refractivity contribution is 9.10. The van der Waals surface area contributed by atoms with E-state index in [1.807, 2.05) is 0 Å². The summed E-state index contributed by atoms with van der Waals surface area (Å²) in [4.78, 5) is 8.65. The highest BCUT2D eigenvalue weighted by Gasteiger charge is 2.18. The van der Waals surface area contributed by atoms with Crippen LogP contribution in [0.2, 0.25) is 30.8 Å². The summed E-state index contributed by atoms with van der Waals surface area (Å²) >= 11 is 9.25. The molecular weight excluding hydrogens is 427 g/mol.